The van der Waals surface area contributed by atoms with Crippen LogP contribution in [0, 0.1) is 12.3 Å². The lowest BCUT2D eigenvalue weighted by atomic mass is 9.87. The third-order valence-electron chi connectivity index (χ3n) is 3.68. The minimum Gasteiger partial charge on any atom is -0.316 e. The zero-order chi connectivity index (χ0) is 14.3. The van der Waals surface area contributed by atoms with Gasteiger partial charge in [0.05, 0.1) is 5.69 Å². The average Bonchev–Trinajstić information content (AvgIpc) is 2.36. The summed E-state index contributed by atoms with van der Waals surface area (Å²) in [5.41, 5.74) is 2.58. The van der Waals surface area contributed by atoms with E-state index in [1.807, 2.05) is 13.0 Å². The summed E-state index contributed by atoms with van der Waals surface area (Å²) in [6.07, 6.45) is 1.19. The Morgan fingerprint density at radius 1 is 1.32 bits per heavy atom. The summed E-state index contributed by atoms with van der Waals surface area (Å²) in [5, 5.41) is 3.48. The fraction of sp³-hybridized carbons (Fsp3) is 0.688. The molecule has 0 amide bonds. The molecule has 0 aliphatic rings. The van der Waals surface area contributed by atoms with Crippen molar-refractivity contribution in [1.82, 2.24) is 15.2 Å². The second-order valence-electron chi connectivity index (χ2n) is 5.89. The van der Waals surface area contributed by atoms with E-state index in [0.717, 1.165) is 37.6 Å². The number of pyridine rings is 1. The monoisotopic (exact) mass is 263 g/mol. The van der Waals surface area contributed by atoms with Crippen molar-refractivity contribution in [3.05, 3.63) is 29.6 Å². The van der Waals surface area contributed by atoms with Crippen molar-refractivity contribution < 1.29 is 0 Å². The largest absolute Gasteiger partial charge is 0.316 e. The van der Waals surface area contributed by atoms with Gasteiger partial charge in [0.1, 0.15) is 0 Å². The molecule has 0 saturated heterocycles. The normalized spacial score (nSPS) is 14.6. The molecular formula is C16H29N3. The molecule has 1 unspecified atom stereocenters. The van der Waals surface area contributed by atoms with Crippen LogP contribution in [0.5, 0.6) is 0 Å². The van der Waals surface area contributed by atoms with Crippen molar-refractivity contribution in [2.45, 2.75) is 40.7 Å². The van der Waals surface area contributed by atoms with E-state index in [-0.39, 0.29) is 0 Å². The molecule has 108 valence electrons. The van der Waals surface area contributed by atoms with Crippen LogP contribution >= 0.6 is 0 Å². The molecule has 3 nitrogen and oxygen atoms in total. The highest BCUT2D eigenvalue weighted by molar-refractivity contribution is 5.09. The number of aryl methyl sites for hydroxylation is 1. The van der Waals surface area contributed by atoms with Gasteiger partial charge in [-0.05, 0) is 44.5 Å². The van der Waals surface area contributed by atoms with Crippen molar-refractivity contribution in [2.75, 3.05) is 26.7 Å². The number of hydrogen-bond acceptors (Lipinski definition) is 3. The molecule has 1 rings (SSSR count). The molecule has 1 aromatic rings. The van der Waals surface area contributed by atoms with Crippen LogP contribution in [-0.2, 0) is 6.54 Å². The van der Waals surface area contributed by atoms with E-state index in [9.17, 15) is 0 Å². The first-order valence-corrected chi connectivity index (χ1v) is 7.31. The van der Waals surface area contributed by atoms with Crippen LogP contribution in [0.25, 0.3) is 0 Å². The van der Waals surface area contributed by atoms with E-state index < -0.39 is 0 Å². The lowest BCUT2D eigenvalue weighted by molar-refractivity contribution is 0.175. The standard InChI is InChI=1S/C16H29N3/c1-6-16(4,12-17-7-2)13-19(5)11-15-10-8-9-14(3)18-15/h8-10,17H,6-7,11-13H2,1-5H3. The van der Waals surface area contributed by atoms with Crippen molar-refractivity contribution in [1.29, 1.82) is 0 Å². The lowest BCUT2D eigenvalue weighted by Gasteiger charge is -2.33. The summed E-state index contributed by atoms with van der Waals surface area (Å²) in [6.45, 7) is 13.0. The predicted molar refractivity (Wildman–Crippen MR) is 82.2 cm³/mol. The predicted octanol–water partition coefficient (Wildman–Crippen LogP) is 2.85. The Hall–Kier alpha value is -0.930. The maximum atomic E-state index is 4.57. The topological polar surface area (TPSA) is 28.2 Å². The number of nitrogens with zero attached hydrogens (tertiary/aromatic N) is 2. The minimum absolute atomic E-state index is 0.328. The third kappa shape index (κ3) is 5.70. The molecular weight excluding hydrogens is 234 g/mol. The van der Waals surface area contributed by atoms with Crippen molar-refractivity contribution >= 4 is 0 Å². The molecule has 0 spiro atoms. The van der Waals surface area contributed by atoms with E-state index >= 15 is 0 Å². The summed E-state index contributed by atoms with van der Waals surface area (Å²) < 4.78 is 0. The summed E-state index contributed by atoms with van der Waals surface area (Å²) in [4.78, 5) is 6.95. The Morgan fingerprint density at radius 2 is 2.05 bits per heavy atom. The molecule has 0 radical (unpaired) electrons. The van der Waals surface area contributed by atoms with Gasteiger partial charge in [-0.1, -0.05) is 26.8 Å². The van der Waals surface area contributed by atoms with Gasteiger partial charge in [0.25, 0.3) is 0 Å². The van der Waals surface area contributed by atoms with Gasteiger partial charge in [-0.2, -0.15) is 0 Å². The Balaban J connectivity index is 2.55. The zero-order valence-electron chi connectivity index (χ0n) is 13.2. The maximum absolute atomic E-state index is 4.57. The molecule has 0 bridgehead atoms. The summed E-state index contributed by atoms with van der Waals surface area (Å²) >= 11 is 0. The van der Waals surface area contributed by atoms with Gasteiger partial charge in [0.15, 0.2) is 0 Å². The molecule has 19 heavy (non-hydrogen) atoms. The van der Waals surface area contributed by atoms with E-state index in [2.05, 4.69) is 55.2 Å². The molecule has 1 heterocycles. The van der Waals surface area contributed by atoms with Gasteiger partial charge in [-0.15, -0.1) is 0 Å². The minimum atomic E-state index is 0.328. The molecule has 0 aliphatic heterocycles. The van der Waals surface area contributed by atoms with Crippen LogP contribution in [0.4, 0.5) is 0 Å². The summed E-state index contributed by atoms with van der Waals surface area (Å²) in [5.74, 6) is 0. The number of nitrogens with one attached hydrogen (secondary N) is 1. The quantitative estimate of drug-likeness (QED) is 0.781. The van der Waals surface area contributed by atoms with Crippen LogP contribution < -0.4 is 5.32 Å². The van der Waals surface area contributed by atoms with Gasteiger partial charge in [-0.25, -0.2) is 0 Å². The van der Waals surface area contributed by atoms with Crippen LogP contribution in [0.15, 0.2) is 18.2 Å². The number of rotatable bonds is 8. The van der Waals surface area contributed by atoms with E-state index in [0.29, 0.717) is 5.41 Å². The Morgan fingerprint density at radius 3 is 2.63 bits per heavy atom. The fourth-order valence-corrected chi connectivity index (χ4v) is 2.39. The van der Waals surface area contributed by atoms with E-state index in [4.69, 9.17) is 0 Å². The Labute approximate surface area is 118 Å². The van der Waals surface area contributed by atoms with Crippen LogP contribution in [0.2, 0.25) is 0 Å². The fourth-order valence-electron chi connectivity index (χ4n) is 2.39. The first kappa shape index (κ1) is 16.1. The second kappa shape index (κ2) is 7.61. The van der Waals surface area contributed by atoms with E-state index in [1.54, 1.807) is 0 Å². The summed E-state index contributed by atoms with van der Waals surface area (Å²) in [7, 11) is 2.18. The average molecular weight is 263 g/mol. The van der Waals surface area contributed by atoms with Crippen molar-refractivity contribution in [3.8, 4) is 0 Å². The van der Waals surface area contributed by atoms with Gasteiger partial charge in [0, 0.05) is 25.3 Å². The van der Waals surface area contributed by atoms with Crippen LogP contribution in [0.3, 0.4) is 0 Å². The number of aromatic nitrogens is 1. The summed E-state index contributed by atoms with van der Waals surface area (Å²) in [6, 6.07) is 6.24. The lowest BCUT2D eigenvalue weighted by Crippen LogP contribution is -2.40. The van der Waals surface area contributed by atoms with Gasteiger partial charge < -0.3 is 5.32 Å². The smallest absolute Gasteiger partial charge is 0.0547 e. The zero-order valence-corrected chi connectivity index (χ0v) is 13.2. The van der Waals surface area contributed by atoms with E-state index in [1.165, 1.54) is 6.42 Å². The highest BCUT2D eigenvalue weighted by Crippen LogP contribution is 2.21. The Kier molecular flexibility index (Phi) is 6.46. The SMILES string of the molecule is CCNCC(C)(CC)CN(C)Cc1cccc(C)n1. The van der Waals surface area contributed by atoms with Crippen LogP contribution in [0.1, 0.15) is 38.6 Å². The molecule has 0 fully saturated rings. The Bertz CT molecular complexity index is 378. The maximum Gasteiger partial charge on any atom is 0.0547 e. The molecule has 1 aromatic heterocycles. The highest BCUT2D eigenvalue weighted by atomic mass is 15.1. The third-order valence-corrected chi connectivity index (χ3v) is 3.68. The first-order chi connectivity index (χ1) is 8.99. The molecule has 0 aromatic carbocycles. The molecule has 1 N–H and O–H groups in total. The number of hydrogen-bond donors (Lipinski definition) is 1. The first-order valence-electron chi connectivity index (χ1n) is 7.31. The van der Waals surface area contributed by atoms with Gasteiger partial charge >= 0.3 is 0 Å². The van der Waals surface area contributed by atoms with Crippen molar-refractivity contribution in [2.24, 2.45) is 5.41 Å². The second-order valence-corrected chi connectivity index (χ2v) is 5.89. The molecule has 1 atom stereocenters. The van der Waals surface area contributed by atoms with Crippen molar-refractivity contribution in [3.63, 3.8) is 0 Å². The molecule has 0 saturated carbocycles. The van der Waals surface area contributed by atoms with Gasteiger partial charge in [-0.3, -0.25) is 9.88 Å². The van der Waals surface area contributed by atoms with Gasteiger partial charge in [0.2, 0.25) is 0 Å². The van der Waals surface area contributed by atoms with Crippen LogP contribution in [-0.4, -0.2) is 36.6 Å². The molecule has 3 heteroatoms. The highest BCUT2D eigenvalue weighted by Gasteiger charge is 2.23. The molecule has 0 aliphatic carbocycles.